The van der Waals surface area contributed by atoms with Gasteiger partial charge < -0.3 is 21.1 Å². The van der Waals surface area contributed by atoms with E-state index in [9.17, 15) is 18.3 Å². The van der Waals surface area contributed by atoms with Gasteiger partial charge in [-0.15, -0.1) is 0 Å². The fourth-order valence-corrected chi connectivity index (χ4v) is 2.36. The van der Waals surface area contributed by atoms with Gasteiger partial charge in [-0.1, -0.05) is 30.3 Å². The monoisotopic (exact) mass is 310 g/mol. The molecule has 0 amide bonds. The normalized spacial score (nSPS) is 17.3. The highest BCUT2D eigenvalue weighted by atomic mass is 19.4. The summed E-state index contributed by atoms with van der Waals surface area (Å²) in [6, 6.07) is 9.99. The summed E-state index contributed by atoms with van der Waals surface area (Å²) in [6.07, 6.45) is -5.77. The van der Waals surface area contributed by atoms with Crippen molar-refractivity contribution < 1.29 is 18.3 Å². The smallest absolute Gasteiger partial charge is 0.382 e. The molecule has 0 spiro atoms. The minimum absolute atomic E-state index is 0.177. The highest BCUT2D eigenvalue weighted by Crippen LogP contribution is 2.42. The molecule has 1 aromatic heterocycles. The van der Waals surface area contributed by atoms with E-state index in [1.807, 2.05) is 30.3 Å². The maximum atomic E-state index is 12.9. The van der Waals surface area contributed by atoms with E-state index in [2.05, 4.69) is 10.3 Å². The van der Waals surface area contributed by atoms with E-state index in [1.54, 1.807) is 0 Å². The zero-order valence-corrected chi connectivity index (χ0v) is 11.3. The quantitative estimate of drug-likeness (QED) is 0.794. The lowest BCUT2D eigenvalue weighted by Gasteiger charge is -2.23. The number of hydrogen-bond acceptors (Lipinski definition) is 5. The van der Waals surface area contributed by atoms with Crippen molar-refractivity contribution in [3.63, 3.8) is 0 Å². The molecule has 5 nitrogen and oxygen atoms in total. The third-order valence-electron chi connectivity index (χ3n) is 3.39. The van der Waals surface area contributed by atoms with Crippen LogP contribution in [0.1, 0.15) is 11.3 Å². The summed E-state index contributed by atoms with van der Waals surface area (Å²) in [5, 5.41) is 12.7. The molecule has 4 N–H and O–H groups in total. The van der Waals surface area contributed by atoms with Crippen LogP contribution in [0.2, 0.25) is 0 Å². The van der Waals surface area contributed by atoms with Crippen LogP contribution in [0.15, 0.2) is 36.4 Å². The average Bonchev–Trinajstić information content (AvgIpc) is 2.77. The standard InChI is InChI=1S/C14H13F3N4O/c15-14(16,17)10-6-9-11(12(18)19-10)20-13(22)21(9)7-8-4-2-1-3-5-8/h1-6,13,20,22H,7H2,(H2,18,19). The second-order valence-electron chi connectivity index (χ2n) is 4.92. The maximum Gasteiger partial charge on any atom is 0.433 e. The average molecular weight is 310 g/mol. The van der Waals surface area contributed by atoms with Gasteiger partial charge >= 0.3 is 6.18 Å². The molecule has 0 saturated carbocycles. The lowest BCUT2D eigenvalue weighted by Crippen LogP contribution is -2.34. The maximum absolute atomic E-state index is 12.9. The number of aromatic nitrogens is 1. The summed E-state index contributed by atoms with van der Waals surface area (Å²) in [6.45, 7) is 0.239. The Labute approximate surface area is 124 Å². The first-order valence-electron chi connectivity index (χ1n) is 6.49. The SMILES string of the molecule is Nc1nc(C(F)(F)F)cc2c1NC(O)N2Cc1ccccc1. The van der Waals surface area contributed by atoms with Crippen molar-refractivity contribution >= 4 is 17.2 Å². The second kappa shape index (κ2) is 5.06. The highest BCUT2D eigenvalue weighted by molar-refractivity contribution is 5.84. The van der Waals surface area contributed by atoms with Crippen LogP contribution >= 0.6 is 0 Å². The number of halogens is 3. The number of fused-ring (bicyclic) bond motifs is 1. The van der Waals surface area contributed by atoms with Crippen molar-refractivity contribution in [2.24, 2.45) is 0 Å². The van der Waals surface area contributed by atoms with Crippen LogP contribution in [-0.4, -0.2) is 16.4 Å². The largest absolute Gasteiger partial charge is 0.433 e. The first kappa shape index (κ1) is 14.5. The van der Waals surface area contributed by atoms with Gasteiger partial charge in [-0.25, -0.2) is 4.98 Å². The molecule has 3 rings (SSSR count). The zero-order valence-electron chi connectivity index (χ0n) is 11.3. The number of nitrogens with two attached hydrogens (primary N) is 1. The van der Waals surface area contributed by atoms with E-state index in [-0.39, 0.29) is 23.7 Å². The van der Waals surface area contributed by atoms with Gasteiger partial charge in [0.1, 0.15) is 17.2 Å². The van der Waals surface area contributed by atoms with Gasteiger partial charge in [0, 0.05) is 6.54 Å². The highest BCUT2D eigenvalue weighted by Gasteiger charge is 2.37. The Hall–Kier alpha value is -2.48. The van der Waals surface area contributed by atoms with Crippen molar-refractivity contribution in [1.29, 1.82) is 0 Å². The number of nitrogen functional groups attached to an aromatic ring is 1. The predicted molar refractivity (Wildman–Crippen MR) is 75.9 cm³/mol. The minimum Gasteiger partial charge on any atom is -0.382 e. The van der Waals surface area contributed by atoms with Crippen LogP contribution in [0.5, 0.6) is 0 Å². The van der Waals surface area contributed by atoms with Gasteiger partial charge in [0.25, 0.3) is 0 Å². The minimum atomic E-state index is -4.60. The molecule has 1 atom stereocenters. The molecule has 0 saturated heterocycles. The van der Waals surface area contributed by atoms with E-state index >= 15 is 0 Å². The Kier molecular flexibility index (Phi) is 3.32. The molecule has 0 aliphatic carbocycles. The Bertz CT molecular complexity index is 690. The number of benzene rings is 1. The van der Waals surface area contributed by atoms with E-state index < -0.39 is 18.2 Å². The van der Waals surface area contributed by atoms with Crippen molar-refractivity contribution in [3.05, 3.63) is 47.7 Å². The summed E-state index contributed by atoms with van der Waals surface area (Å²) in [5.74, 6) is -0.292. The lowest BCUT2D eigenvalue weighted by atomic mass is 10.2. The van der Waals surface area contributed by atoms with Crippen LogP contribution in [0, 0.1) is 0 Å². The molecular formula is C14H13F3N4O. The molecule has 0 fully saturated rings. The van der Waals surface area contributed by atoms with E-state index in [4.69, 9.17) is 5.73 Å². The molecule has 1 aromatic carbocycles. The van der Waals surface area contributed by atoms with Crippen molar-refractivity contribution in [1.82, 2.24) is 4.98 Å². The van der Waals surface area contributed by atoms with E-state index in [1.165, 1.54) is 4.90 Å². The van der Waals surface area contributed by atoms with Gasteiger partial charge in [0.2, 0.25) is 6.35 Å². The van der Waals surface area contributed by atoms with Gasteiger partial charge in [-0.3, -0.25) is 0 Å². The van der Waals surface area contributed by atoms with Crippen molar-refractivity contribution in [3.8, 4) is 0 Å². The molecule has 1 unspecified atom stereocenters. The predicted octanol–water partition coefficient (Wildman–Crippen LogP) is 2.39. The first-order valence-corrected chi connectivity index (χ1v) is 6.49. The van der Waals surface area contributed by atoms with Crippen LogP contribution in [-0.2, 0) is 12.7 Å². The zero-order chi connectivity index (χ0) is 15.9. The summed E-state index contributed by atoms with van der Waals surface area (Å²) in [5.41, 5.74) is 5.72. The van der Waals surface area contributed by atoms with Crippen LogP contribution in [0.25, 0.3) is 0 Å². The number of alkyl halides is 3. The number of aliphatic hydroxyl groups is 1. The van der Waals surface area contributed by atoms with Crippen LogP contribution in [0.3, 0.4) is 0 Å². The van der Waals surface area contributed by atoms with Crippen molar-refractivity contribution in [2.75, 3.05) is 16.0 Å². The lowest BCUT2D eigenvalue weighted by molar-refractivity contribution is -0.141. The number of rotatable bonds is 2. The summed E-state index contributed by atoms with van der Waals surface area (Å²) < 4.78 is 38.6. The molecule has 22 heavy (non-hydrogen) atoms. The molecule has 0 bridgehead atoms. The Morgan fingerprint density at radius 3 is 2.59 bits per heavy atom. The molecule has 1 aliphatic rings. The summed E-state index contributed by atoms with van der Waals surface area (Å²) in [4.78, 5) is 4.75. The molecule has 2 aromatic rings. The second-order valence-corrected chi connectivity index (χ2v) is 4.92. The van der Waals surface area contributed by atoms with E-state index in [0.29, 0.717) is 0 Å². The fourth-order valence-electron chi connectivity index (χ4n) is 2.36. The number of nitrogens with zero attached hydrogens (tertiary/aromatic N) is 2. The molecule has 1 aliphatic heterocycles. The molecule has 116 valence electrons. The molecule has 8 heteroatoms. The van der Waals surface area contributed by atoms with Gasteiger partial charge in [0.15, 0.2) is 0 Å². The molecule has 0 radical (unpaired) electrons. The number of anilines is 3. The van der Waals surface area contributed by atoms with Crippen LogP contribution in [0.4, 0.5) is 30.4 Å². The third-order valence-corrected chi connectivity index (χ3v) is 3.39. The number of hydrogen-bond donors (Lipinski definition) is 3. The molecular weight excluding hydrogens is 297 g/mol. The first-order chi connectivity index (χ1) is 10.4. The summed E-state index contributed by atoms with van der Waals surface area (Å²) in [7, 11) is 0. The van der Waals surface area contributed by atoms with Crippen molar-refractivity contribution in [2.45, 2.75) is 19.1 Å². The third kappa shape index (κ3) is 2.52. The molecule has 2 heterocycles. The number of nitrogens with one attached hydrogen (secondary N) is 1. The van der Waals surface area contributed by atoms with E-state index in [0.717, 1.165) is 11.6 Å². The van der Waals surface area contributed by atoms with Gasteiger partial charge in [-0.2, -0.15) is 13.2 Å². The van der Waals surface area contributed by atoms with Gasteiger partial charge in [0.05, 0.1) is 5.69 Å². The fraction of sp³-hybridized carbons (Fsp3) is 0.214. The topological polar surface area (TPSA) is 74.4 Å². The summed E-state index contributed by atoms with van der Waals surface area (Å²) >= 11 is 0. The van der Waals surface area contributed by atoms with Crippen LogP contribution < -0.4 is 16.0 Å². The Balaban J connectivity index is 2.01. The Morgan fingerprint density at radius 1 is 1.27 bits per heavy atom. The van der Waals surface area contributed by atoms with Gasteiger partial charge in [-0.05, 0) is 11.6 Å². The number of pyridine rings is 1. The number of aliphatic hydroxyl groups excluding tert-OH is 1. The Morgan fingerprint density at radius 2 is 1.95 bits per heavy atom.